The van der Waals surface area contributed by atoms with Gasteiger partial charge in [0.25, 0.3) is 0 Å². The average molecular weight is 790 g/mol. The Morgan fingerprint density at radius 3 is 2.42 bits per heavy atom. The molecule has 0 spiro atoms. The molecule has 2 aromatic rings. The maximum absolute atomic E-state index is 11.8. The number of carboxylic acids is 1. The van der Waals surface area contributed by atoms with Crippen molar-refractivity contribution < 1.29 is 24.2 Å². The van der Waals surface area contributed by atoms with Crippen molar-refractivity contribution >= 4 is 40.3 Å². The summed E-state index contributed by atoms with van der Waals surface area (Å²) in [6, 6.07) is 11.1. The lowest BCUT2D eigenvalue weighted by molar-refractivity contribution is -0.147. The summed E-state index contributed by atoms with van der Waals surface area (Å²) in [6.07, 6.45) is 10.8. The van der Waals surface area contributed by atoms with E-state index >= 15 is 0 Å². The topological polar surface area (TPSA) is 121 Å². The van der Waals surface area contributed by atoms with Crippen LogP contribution in [0.15, 0.2) is 71.2 Å². The quantitative estimate of drug-likeness (QED) is 0.0660. The van der Waals surface area contributed by atoms with Gasteiger partial charge >= 0.3 is 5.97 Å². The summed E-state index contributed by atoms with van der Waals surface area (Å²) in [5, 5.41) is 16.2. The largest absolute Gasteiger partial charge is 0.480 e. The standard InChI is InChI=1S/C28H43BrN6O4.C8H10O.2C2H6/c1-6-13-35(32-7-2)23(5)24(11-10-22(4)29)18-39-27-16-26(30-19-31-27)33-14-8-9-25(28(37)38)34(20-36)17-21(3)12-15-33;1-9-7-8-5-3-2-4-6-8;2*1-2/h7,10-11,16,19-22,25H,6,8-9,12-15,17-18H2,1-5H3,(H,37,38);2-6H,7H2,1H3;2*1-2H3/b11-10-,24-23-,32-7+;;;/t21?,22?,25-;;;/m0.../s1. The minimum atomic E-state index is -0.969. The van der Waals surface area contributed by atoms with Crippen molar-refractivity contribution in [2.45, 2.75) is 105 Å². The maximum atomic E-state index is 11.8. The number of anilines is 1. The van der Waals surface area contributed by atoms with Gasteiger partial charge in [-0.05, 0) is 57.9 Å². The monoisotopic (exact) mass is 788 g/mol. The van der Waals surface area contributed by atoms with E-state index in [9.17, 15) is 14.7 Å². The Labute approximate surface area is 322 Å². The van der Waals surface area contributed by atoms with Crippen LogP contribution in [-0.2, 0) is 20.9 Å². The third-order valence-electron chi connectivity index (χ3n) is 7.73. The van der Waals surface area contributed by atoms with Gasteiger partial charge in [-0.1, -0.05) is 100.0 Å². The molecular weight excluding hydrogens is 724 g/mol. The van der Waals surface area contributed by atoms with Crippen LogP contribution in [0.3, 0.4) is 0 Å². The van der Waals surface area contributed by atoms with Gasteiger partial charge in [0.05, 0.1) is 6.61 Å². The summed E-state index contributed by atoms with van der Waals surface area (Å²) in [5.74, 6) is 0.379. The van der Waals surface area contributed by atoms with Crippen LogP contribution in [0, 0.1) is 5.92 Å². The Morgan fingerprint density at radius 2 is 1.85 bits per heavy atom. The van der Waals surface area contributed by atoms with E-state index in [1.165, 1.54) is 16.8 Å². The van der Waals surface area contributed by atoms with Crippen LogP contribution >= 0.6 is 15.9 Å². The number of benzene rings is 1. The highest BCUT2D eigenvalue weighted by Gasteiger charge is 2.27. The molecule has 0 bridgehead atoms. The second-order valence-corrected chi connectivity index (χ2v) is 13.2. The molecule has 52 heavy (non-hydrogen) atoms. The second-order valence-electron chi connectivity index (χ2n) is 11.7. The van der Waals surface area contributed by atoms with Crippen molar-refractivity contribution in [2.24, 2.45) is 11.0 Å². The zero-order valence-corrected chi connectivity index (χ0v) is 34.9. The number of methoxy groups -OCH3 is 1. The highest BCUT2D eigenvalue weighted by molar-refractivity contribution is 9.09. The zero-order chi connectivity index (χ0) is 39.3. The van der Waals surface area contributed by atoms with Crippen LogP contribution in [0.5, 0.6) is 5.88 Å². The Bertz CT molecular complexity index is 1320. The first kappa shape index (κ1) is 48.2. The fraction of sp³-hybridized carbons (Fsp3) is 0.575. The van der Waals surface area contributed by atoms with E-state index in [1.54, 1.807) is 13.3 Å². The van der Waals surface area contributed by atoms with Crippen molar-refractivity contribution in [3.05, 3.63) is 71.7 Å². The number of carbonyl (C=O) groups is 2. The number of ether oxygens (including phenoxy) is 2. The molecule has 2 unspecified atom stereocenters. The zero-order valence-electron chi connectivity index (χ0n) is 33.3. The Kier molecular flexibility index (Phi) is 27.6. The Hall–Kier alpha value is -3.77. The molecule has 292 valence electrons. The molecule has 1 fully saturated rings. The van der Waals surface area contributed by atoms with Crippen LogP contribution in [0.1, 0.15) is 93.6 Å². The number of nitrogens with zero attached hydrogens (tertiary/aromatic N) is 6. The van der Waals surface area contributed by atoms with Gasteiger partial charge in [0.2, 0.25) is 12.3 Å². The van der Waals surface area contributed by atoms with Crippen molar-refractivity contribution in [3.8, 4) is 5.88 Å². The third kappa shape index (κ3) is 19.2. The number of carbonyl (C=O) groups excluding carboxylic acids is 1. The average Bonchev–Trinajstić information content (AvgIpc) is 3.16. The van der Waals surface area contributed by atoms with Crippen LogP contribution < -0.4 is 9.64 Å². The number of hydrogen-bond donors (Lipinski definition) is 1. The fourth-order valence-electron chi connectivity index (χ4n) is 5.14. The van der Waals surface area contributed by atoms with Gasteiger partial charge in [-0.3, -0.25) is 9.80 Å². The minimum Gasteiger partial charge on any atom is -0.480 e. The molecule has 1 aromatic carbocycles. The molecule has 0 radical (unpaired) electrons. The number of hydrazone groups is 1. The van der Waals surface area contributed by atoms with Crippen molar-refractivity contribution in [3.63, 3.8) is 0 Å². The molecule has 0 aliphatic carbocycles. The summed E-state index contributed by atoms with van der Waals surface area (Å²) in [6.45, 7) is 21.8. The number of carboxylic acid groups (broad SMARTS) is 1. The van der Waals surface area contributed by atoms with Gasteiger partial charge in [0.15, 0.2) is 0 Å². The molecule has 1 aliphatic heterocycles. The van der Waals surface area contributed by atoms with Crippen LogP contribution in [0.4, 0.5) is 5.82 Å². The number of rotatable bonds is 14. The normalized spacial score (nSPS) is 17.3. The summed E-state index contributed by atoms with van der Waals surface area (Å²) >= 11 is 3.57. The van der Waals surface area contributed by atoms with Gasteiger partial charge in [-0.15, -0.1) is 0 Å². The van der Waals surface area contributed by atoms with Crippen molar-refractivity contribution in [2.75, 3.05) is 44.8 Å². The van der Waals surface area contributed by atoms with E-state index in [2.05, 4.69) is 61.9 Å². The summed E-state index contributed by atoms with van der Waals surface area (Å²) in [4.78, 5) is 35.9. The molecular formula is C40H65BrN6O5. The van der Waals surface area contributed by atoms with Crippen LogP contribution in [-0.4, -0.2) is 94.3 Å². The predicted octanol–water partition coefficient (Wildman–Crippen LogP) is 8.61. The summed E-state index contributed by atoms with van der Waals surface area (Å²) in [7, 11) is 1.70. The van der Waals surface area contributed by atoms with E-state index < -0.39 is 12.0 Å². The van der Waals surface area contributed by atoms with E-state index in [4.69, 9.17) is 9.47 Å². The van der Waals surface area contributed by atoms with Crippen molar-refractivity contribution in [1.82, 2.24) is 19.9 Å². The smallest absolute Gasteiger partial charge is 0.326 e. The van der Waals surface area contributed by atoms with Gasteiger partial charge in [-0.25, -0.2) is 14.8 Å². The molecule has 1 aliphatic rings. The molecule has 1 saturated heterocycles. The van der Waals surface area contributed by atoms with Crippen molar-refractivity contribution in [1.29, 1.82) is 0 Å². The van der Waals surface area contributed by atoms with E-state index in [0.717, 1.165) is 43.0 Å². The first-order chi connectivity index (χ1) is 25.1. The molecule has 2 heterocycles. The fourth-order valence-corrected chi connectivity index (χ4v) is 5.30. The molecule has 1 N–H and O–H groups in total. The highest BCUT2D eigenvalue weighted by atomic mass is 79.9. The lowest BCUT2D eigenvalue weighted by atomic mass is 10.0. The minimum absolute atomic E-state index is 0.145. The predicted molar refractivity (Wildman–Crippen MR) is 218 cm³/mol. The van der Waals surface area contributed by atoms with Crippen LogP contribution in [0.2, 0.25) is 0 Å². The number of aliphatic carboxylic acids is 1. The van der Waals surface area contributed by atoms with E-state index in [-0.39, 0.29) is 10.7 Å². The Balaban J connectivity index is 0.00000170. The number of hydrogen-bond acceptors (Lipinski definition) is 9. The molecule has 1 amide bonds. The summed E-state index contributed by atoms with van der Waals surface area (Å²) < 4.78 is 11.1. The highest BCUT2D eigenvalue weighted by Crippen LogP contribution is 2.22. The molecule has 11 nitrogen and oxygen atoms in total. The molecule has 3 rings (SSSR count). The van der Waals surface area contributed by atoms with Crippen LogP contribution in [0.25, 0.3) is 0 Å². The van der Waals surface area contributed by atoms with Gasteiger partial charge in [0, 0.05) is 61.7 Å². The molecule has 12 heteroatoms. The summed E-state index contributed by atoms with van der Waals surface area (Å²) in [5.41, 5.74) is 3.23. The number of aromatic nitrogens is 2. The molecule has 1 aromatic heterocycles. The van der Waals surface area contributed by atoms with Gasteiger partial charge in [0.1, 0.15) is 24.8 Å². The van der Waals surface area contributed by atoms with E-state index in [1.807, 2.05) is 89.9 Å². The number of halogens is 1. The third-order valence-corrected chi connectivity index (χ3v) is 8.03. The first-order valence-electron chi connectivity index (χ1n) is 18.6. The lowest BCUT2D eigenvalue weighted by Gasteiger charge is -2.32. The maximum Gasteiger partial charge on any atom is 0.326 e. The molecule has 3 atom stereocenters. The Morgan fingerprint density at radius 1 is 1.15 bits per heavy atom. The van der Waals surface area contributed by atoms with E-state index in [0.29, 0.717) is 51.4 Å². The number of amides is 1. The lowest BCUT2D eigenvalue weighted by Crippen LogP contribution is -2.44. The van der Waals surface area contributed by atoms with Gasteiger partial charge in [-0.2, -0.15) is 5.10 Å². The molecule has 0 saturated carbocycles. The second kappa shape index (κ2) is 29.8. The first-order valence-corrected chi connectivity index (χ1v) is 19.5. The SMILES string of the molecule is C/C=N/N(CCC)/C(C)=C(/C=C\C(C)Br)COc1cc(N2CCC[C@@H](C(=O)O)N(C=O)CC(C)CC2)ncn1.CC.CC.COCc1ccccc1. The number of alkyl halides is 1. The van der Waals surface area contributed by atoms with Gasteiger partial charge < -0.3 is 24.4 Å². The number of allylic oxidation sites excluding steroid dienone is 2.